The van der Waals surface area contributed by atoms with Gasteiger partial charge in [0.05, 0.1) is 10.7 Å². The lowest BCUT2D eigenvalue weighted by molar-refractivity contribution is 0.928. The zero-order valence-electron chi connectivity index (χ0n) is 11.3. The maximum atomic E-state index is 5.40. The molecule has 1 atom stereocenters. The molecule has 0 spiro atoms. The van der Waals surface area contributed by atoms with Gasteiger partial charge in [0, 0.05) is 11.4 Å². The number of thioether (sulfide) groups is 1. The second-order valence-corrected chi connectivity index (χ2v) is 4.74. The number of nitrogens with zero attached hydrogens (tertiary/aromatic N) is 1. The van der Waals surface area contributed by atoms with E-state index in [1.807, 2.05) is 32.5 Å². The molecule has 0 aliphatic carbocycles. The van der Waals surface area contributed by atoms with Crippen molar-refractivity contribution in [2.75, 3.05) is 0 Å². The van der Waals surface area contributed by atoms with Crippen LogP contribution in [0.5, 0.6) is 0 Å². The van der Waals surface area contributed by atoms with Gasteiger partial charge in [-0.2, -0.15) is 0 Å². The summed E-state index contributed by atoms with van der Waals surface area (Å²) >= 11 is 1.85. The Kier molecular flexibility index (Phi) is 7.22. The van der Waals surface area contributed by atoms with Crippen molar-refractivity contribution in [2.45, 2.75) is 53.2 Å². The maximum Gasteiger partial charge on any atom is 0.0998 e. The lowest BCUT2D eigenvalue weighted by Gasteiger charge is -2.05. The van der Waals surface area contributed by atoms with Gasteiger partial charge in [-0.3, -0.25) is 0 Å². The Morgan fingerprint density at radius 1 is 1.44 bits per heavy atom. The minimum atomic E-state index is 0.610. The highest BCUT2D eigenvalue weighted by atomic mass is 32.2. The molecule has 0 aromatic heterocycles. The molecule has 0 fully saturated rings. The SMILES string of the molecule is CC.CCC1SC(=N/C(C)=C\N)C(C)=C1C. The Hall–Kier alpha value is -0.700. The lowest BCUT2D eigenvalue weighted by atomic mass is 10.1. The summed E-state index contributed by atoms with van der Waals surface area (Å²) in [5.74, 6) is 0. The van der Waals surface area contributed by atoms with Gasteiger partial charge in [-0.1, -0.05) is 38.1 Å². The van der Waals surface area contributed by atoms with E-state index >= 15 is 0 Å². The van der Waals surface area contributed by atoms with Crippen LogP contribution in [0.3, 0.4) is 0 Å². The van der Waals surface area contributed by atoms with E-state index in [1.165, 1.54) is 11.1 Å². The number of nitrogens with two attached hydrogens (primary N) is 1. The third-order valence-corrected chi connectivity index (χ3v) is 4.13. The third kappa shape index (κ3) is 3.71. The van der Waals surface area contributed by atoms with Crippen molar-refractivity contribution in [1.82, 2.24) is 0 Å². The zero-order chi connectivity index (χ0) is 12.7. The van der Waals surface area contributed by atoms with Gasteiger partial charge >= 0.3 is 0 Å². The molecule has 3 heteroatoms. The Labute approximate surface area is 104 Å². The van der Waals surface area contributed by atoms with E-state index in [0.29, 0.717) is 5.25 Å². The lowest BCUT2D eigenvalue weighted by Crippen LogP contribution is -1.96. The smallest absolute Gasteiger partial charge is 0.0998 e. The molecule has 0 bridgehead atoms. The molecule has 16 heavy (non-hydrogen) atoms. The molecule has 0 radical (unpaired) electrons. The summed E-state index contributed by atoms with van der Waals surface area (Å²) in [7, 11) is 0. The Morgan fingerprint density at radius 3 is 2.38 bits per heavy atom. The summed E-state index contributed by atoms with van der Waals surface area (Å²) in [5.41, 5.74) is 9.07. The van der Waals surface area contributed by atoms with Crippen LogP contribution in [0.2, 0.25) is 0 Å². The number of aliphatic imine (C=N–C) groups is 1. The summed E-state index contributed by atoms with van der Waals surface area (Å²) < 4.78 is 0. The van der Waals surface area contributed by atoms with Crippen molar-refractivity contribution in [3.8, 4) is 0 Å². The molecular weight excluding hydrogens is 216 g/mol. The van der Waals surface area contributed by atoms with Crippen LogP contribution in [-0.2, 0) is 0 Å². The van der Waals surface area contributed by atoms with E-state index in [4.69, 9.17) is 5.73 Å². The summed E-state index contributed by atoms with van der Waals surface area (Å²) in [6.45, 7) is 12.5. The monoisotopic (exact) mass is 240 g/mol. The Morgan fingerprint density at radius 2 is 2.00 bits per heavy atom. The number of hydrogen-bond acceptors (Lipinski definition) is 3. The summed E-state index contributed by atoms with van der Waals surface area (Å²) in [4.78, 5) is 4.48. The quantitative estimate of drug-likeness (QED) is 0.789. The van der Waals surface area contributed by atoms with Crippen LogP contribution in [-0.4, -0.2) is 10.3 Å². The largest absolute Gasteiger partial charge is 0.403 e. The summed E-state index contributed by atoms with van der Waals surface area (Å²) in [5, 5.41) is 1.74. The molecule has 0 aromatic rings. The molecule has 0 aromatic carbocycles. The molecule has 0 amide bonds. The Balaban J connectivity index is 0.00000106. The van der Waals surface area contributed by atoms with Crippen LogP contribution in [0.25, 0.3) is 0 Å². The number of hydrogen-bond donors (Lipinski definition) is 1. The molecule has 1 aliphatic rings. The van der Waals surface area contributed by atoms with Crippen LogP contribution < -0.4 is 5.73 Å². The van der Waals surface area contributed by atoms with Crippen molar-refractivity contribution < 1.29 is 0 Å². The van der Waals surface area contributed by atoms with Crippen LogP contribution in [0.15, 0.2) is 28.0 Å². The number of allylic oxidation sites excluding steroid dienone is 1. The minimum Gasteiger partial charge on any atom is -0.403 e. The second-order valence-electron chi connectivity index (χ2n) is 3.55. The van der Waals surface area contributed by atoms with Gasteiger partial charge in [0.1, 0.15) is 0 Å². The average molecular weight is 240 g/mol. The molecule has 1 rings (SSSR count). The van der Waals surface area contributed by atoms with Crippen molar-refractivity contribution in [3.63, 3.8) is 0 Å². The van der Waals surface area contributed by atoms with Gasteiger partial charge in [0.25, 0.3) is 0 Å². The maximum absolute atomic E-state index is 5.40. The highest BCUT2D eigenvalue weighted by molar-refractivity contribution is 8.15. The van der Waals surface area contributed by atoms with Gasteiger partial charge in [-0.25, -0.2) is 4.99 Å². The zero-order valence-corrected chi connectivity index (χ0v) is 12.1. The summed E-state index contributed by atoms with van der Waals surface area (Å²) in [6, 6.07) is 0. The molecule has 1 unspecified atom stereocenters. The van der Waals surface area contributed by atoms with Crippen LogP contribution in [0.4, 0.5) is 0 Å². The highest BCUT2D eigenvalue weighted by Crippen LogP contribution is 2.36. The van der Waals surface area contributed by atoms with Gasteiger partial charge in [0.2, 0.25) is 0 Å². The molecular formula is C13H24N2S. The molecule has 2 nitrogen and oxygen atoms in total. The fourth-order valence-electron chi connectivity index (χ4n) is 1.42. The first-order chi connectivity index (χ1) is 7.60. The van der Waals surface area contributed by atoms with Gasteiger partial charge < -0.3 is 5.73 Å². The highest BCUT2D eigenvalue weighted by Gasteiger charge is 2.24. The summed E-state index contributed by atoms with van der Waals surface area (Å²) in [6.07, 6.45) is 2.72. The first-order valence-electron chi connectivity index (χ1n) is 5.91. The fraction of sp³-hybridized carbons (Fsp3) is 0.615. The standard InChI is InChI=1S/C11H18N2S.C2H6/c1-5-10-8(3)9(4)11(14-10)13-7(2)6-12;1-2/h6,10H,5,12H2,1-4H3;1-2H3/b7-6-,13-11?;. The van der Waals surface area contributed by atoms with E-state index in [-0.39, 0.29) is 0 Å². The van der Waals surface area contributed by atoms with Crippen molar-refractivity contribution in [1.29, 1.82) is 0 Å². The minimum absolute atomic E-state index is 0.610. The Bertz CT molecular complexity index is 314. The first kappa shape index (κ1) is 15.3. The van der Waals surface area contributed by atoms with Gasteiger partial charge in [0.15, 0.2) is 0 Å². The van der Waals surface area contributed by atoms with Crippen molar-refractivity contribution in [2.24, 2.45) is 10.7 Å². The van der Waals surface area contributed by atoms with Gasteiger partial charge in [-0.15, -0.1) is 0 Å². The average Bonchev–Trinajstić information content (AvgIpc) is 2.59. The van der Waals surface area contributed by atoms with Crippen LogP contribution >= 0.6 is 11.8 Å². The van der Waals surface area contributed by atoms with E-state index in [9.17, 15) is 0 Å². The van der Waals surface area contributed by atoms with E-state index in [1.54, 1.807) is 6.20 Å². The topological polar surface area (TPSA) is 38.4 Å². The molecule has 0 saturated carbocycles. The van der Waals surface area contributed by atoms with Crippen LogP contribution in [0, 0.1) is 0 Å². The van der Waals surface area contributed by atoms with E-state index in [2.05, 4.69) is 25.8 Å². The first-order valence-corrected chi connectivity index (χ1v) is 6.79. The molecule has 1 heterocycles. The molecule has 1 aliphatic heterocycles. The second kappa shape index (κ2) is 7.55. The molecule has 92 valence electrons. The molecule has 0 saturated heterocycles. The normalized spacial score (nSPS) is 23.5. The third-order valence-electron chi connectivity index (χ3n) is 2.54. The fourth-order valence-corrected chi connectivity index (χ4v) is 2.74. The van der Waals surface area contributed by atoms with Gasteiger partial charge in [-0.05, 0) is 32.8 Å². The predicted octanol–water partition coefficient (Wildman–Crippen LogP) is 4.09. The van der Waals surface area contributed by atoms with Crippen LogP contribution in [0.1, 0.15) is 48.0 Å². The molecule has 2 N–H and O–H groups in total. The van der Waals surface area contributed by atoms with Crippen molar-refractivity contribution >= 4 is 16.8 Å². The van der Waals surface area contributed by atoms with E-state index in [0.717, 1.165) is 17.2 Å². The van der Waals surface area contributed by atoms with E-state index < -0.39 is 0 Å². The van der Waals surface area contributed by atoms with Crippen molar-refractivity contribution in [3.05, 3.63) is 23.0 Å². The number of rotatable bonds is 2. The predicted molar refractivity (Wildman–Crippen MR) is 76.8 cm³/mol.